The summed E-state index contributed by atoms with van der Waals surface area (Å²) < 4.78 is 10.5. The number of hydrogen-bond acceptors (Lipinski definition) is 3. The standard InChI is InChI=1S/C31H22N4O/c1-34-17-16-32-30(34)22-10-7-11-23(18-22)36-24-14-15-25-26-12-5-6-13-29(26)35-20-28(21-8-3-2-4-9-21)33-31(35)27(25)19-24/h2-20H,1H3. The van der Waals surface area contributed by atoms with E-state index in [0.717, 1.165) is 56.1 Å². The van der Waals surface area contributed by atoms with Crippen LogP contribution in [0.3, 0.4) is 0 Å². The van der Waals surface area contributed by atoms with Gasteiger partial charge in [-0.3, -0.25) is 4.40 Å². The van der Waals surface area contributed by atoms with E-state index in [9.17, 15) is 0 Å². The van der Waals surface area contributed by atoms with E-state index in [1.54, 1.807) is 6.20 Å². The molecular weight excluding hydrogens is 444 g/mol. The molecule has 0 aliphatic heterocycles. The van der Waals surface area contributed by atoms with Crippen LogP contribution in [0.15, 0.2) is 116 Å². The molecule has 3 aromatic heterocycles. The second-order valence-corrected chi connectivity index (χ2v) is 8.90. The molecule has 0 fully saturated rings. The number of rotatable bonds is 4. The average Bonchev–Trinajstić information content (AvgIpc) is 3.57. The number of nitrogens with zero attached hydrogens (tertiary/aromatic N) is 4. The minimum Gasteiger partial charge on any atom is -0.457 e. The number of aryl methyl sites for hydroxylation is 1. The Bertz CT molecular complexity index is 1880. The monoisotopic (exact) mass is 466 g/mol. The quantitative estimate of drug-likeness (QED) is 0.252. The summed E-state index contributed by atoms with van der Waals surface area (Å²) >= 11 is 0. The van der Waals surface area contributed by atoms with Gasteiger partial charge in [0.2, 0.25) is 0 Å². The van der Waals surface area contributed by atoms with Gasteiger partial charge in [0.1, 0.15) is 23.0 Å². The van der Waals surface area contributed by atoms with Crippen LogP contribution in [-0.4, -0.2) is 18.9 Å². The van der Waals surface area contributed by atoms with Crippen molar-refractivity contribution in [2.75, 3.05) is 0 Å². The molecule has 0 atom stereocenters. The summed E-state index contributed by atoms with van der Waals surface area (Å²) in [5.74, 6) is 2.43. The van der Waals surface area contributed by atoms with Gasteiger partial charge >= 0.3 is 0 Å². The van der Waals surface area contributed by atoms with E-state index >= 15 is 0 Å². The lowest BCUT2D eigenvalue weighted by Crippen LogP contribution is -1.93. The van der Waals surface area contributed by atoms with Crippen molar-refractivity contribution < 1.29 is 4.74 Å². The molecule has 36 heavy (non-hydrogen) atoms. The average molecular weight is 467 g/mol. The van der Waals surface area contributed by atoms with Crippen LogP contribution in [0.1, 0.15) is 0 Å². The maximum absolute atomic E-state index is 6.34. The van der Waals surface area contributed by atoms with Crippen molar-refractivity contribution in [1.29, 1.82) is 0 Å². The second-order valence-electron chi connectivity index (χ2n) is 8.90. The Morgan fingerprint density at radius 3 is 2.36 bits per heavy atom. The Hall–Kier alpha value is -4.90. The Morgan fingerprint density at radius 2 is 1.50 bits per heavy atom. The van der Waals surface area contributed by atoms with Crippen LogP contribution >= 0.6 is 0 Å². The van der Waals surface area contributed by atoms with E-state index in [4.69, 9.17) is 9.72 Å². The molecule has 5 nitrogen and oxygen atoms in total. The zero-order chi connectivity index (χ0) is 24.1. The molecule has 0 spiro atoms. The van der Waals surface area contributed by atoms with Crippen molar-refractivity contribution in [2.45, 2.75) is 0 Å². The zero-order valence-corrected chi connectivity index (χ0v) is 19.7. The van der Waals surface area contributed by atoms with Gasteiger partial charge < -0.3 is 9.30 Å². The smallest absolute Gasteiger partial charge is 0.146 e. The van der Waals surface area contributed by atoms with Gasteiger partial charge in [-0.15, -0.1) is 0 Å². The molecule has 0 saturated carbocycles. The molecule has 5 heteroatoms. The number of ether oxygens (including phenoxy) is 1. The first-order chi connectivity index (χ1) is 17.7. The minimum absolute atomic E-state index is 0.764. The summed E-state index contributed by atoms with van der Waals surface area (Å²) in [4.78, 5) is 9.53. The lowest BCUT2D eigenvalue weighted by atomic mass is 10.1. The fourth-order valence-electron chi connectivity index (χ4n) is 4.90. The van der Waals surface area contributed by atoms with Crippen LogP contribution in [0.4, 0.5) is 0 Å². The topological polar surface area (TPSA) is 44.4 Å². The molecule has 0 unspecified atom stereocenters. The normalized spacial score (nSPS) is 11.5. The van der Waals surface area contributed by atoms with E-state index < -0.39 is 0 Å². The fourth-order valence-corrected chi connectivity index (χ4v) is 4.90. The van der Waals surface area contributed by atoms with Gasteiger partial charge in [-0.2, -0.15) is 0 Å². The van der Waals surface area contributed by atoms with E-state index in [1.165, 1.54) is 5.39 Å². The van der Waals surface area contributed by atoms with Crippen molar-refractivity contribution in [3.05, 3.63) is 116 Å². The van der Waals surface area contributed by atoms with Crippen LogP contribution < -0.4 is 4.74 Å². The van der Waals surface area contributed by atoms with Crippen LogP contribution in [0.2, 0.25) is 0 Å². The summed E-state index contributed by atoms with van der Waals surface area (Å²) in [7, 11) is 1.99. The van der Waals surface area contributed by atoms with Crippen molar-refractivity contribution in [3.63, 3.8) is 0 Å². The van der Waals surface area contributed by atoms with Crippen molar-refractivity contribution in [1.82, 2.24) is 18.9 Å². The minimum atomic E-state index is 0.764. The van der Waals surface area contributed by atoms with Crippen LogP contribution in [0, 0.1) is 0 Å². The Labute approximate surface area is 207 Å². The number of fused-ring (bicyclic) bond motifs is 6. The summed E-state index contributed by atoms with van der Waals surface area (Å²) in [5, 5.41) is 3.38. The molecular formula is C31H22N4O. The molecule has 0 saturated heterocycles. The van der Waals surface area contributed by atoms with Gasteiger partial charge in [-0.05, 0) is 41.8 Å². The number of aromatic nitrogens is 4. The summed E-state index contributed by atoms with van der Waals surface area (Å²) in [6.45, 7) is 0. The molecule has 4 aromatic carbocycles. The predicted octanol–water partition coefficient (Wildman–Crippen LogP) is 7.50. The van der Waals surface area contributed by atoms with Crippen molar-refractivity contribution in [3.8, 4) is 34.1 Å². The predicted molar refractivity (Wildman–Crippen MR) is 144 cm³/mol. The van der Waals surface area contributed by atoms with E-state index in [2.05, 4.69) is 64.1 Å². The summed E-state index contributed by atoms with van der Waals surface area (Å²) in [5.41, 5.74) is 5.09. The highest BCUT2D eigenvalue weighted by molar-refractivity contribution is 6.12. The molecule has 0 bridgehead atoms. The van der Waals surface area contributed by atoms with Gasteiger partial charge in [0.15, 0.2) is 0 Å². The number of benzene rings is 4. The zero-order valence-electron chi connectivity index (χ0n) is 19.7. The third kappa shape index (κ3) is 3.33. The van der Waals surface area contributed by atoms with Crippen molar-refractivity contribution >= 4 is 27.3 Å². The van der Waals surface area contributed by atoms with Gasteiger partial charge in [-0.1, -0.05) is 60.7 Å². The van der Waals surface area contributed by atoms with E-state index in [1.807, 2.05) is 66.3 Å². The third-order valence-corrected chi connectivity index (χ3v) is 6.61. The largest absolute Gasteiger partial charge is 0.457 e. The summed E-state index contributed by atoms with van der Waals surface area (Å²) in [6, 6.07) is 33.0. The van der Waals surface area contributed by atoms with E-state index in [-0.39, 0.29) is 0 Å². The molecule has 7 rings (SSSR count). The van der Waals surface area contributed by atoms with Crippen LogP contribution in [0.5, 0.6) is 11.5 Å². The lowest BCUT2D eigenvalue weighted by molar-refractivity contribution is 0.483. The number of para-hydroxylation sites is 1. The van der Waals surface area contributed by atoms with Gasteiger partial charge in [0.05, 0.1) is 11.2 Å². The Kier molecular flexibility index (Phi) is 4.61. The van der Waals surface area contributed by atoms with E-state index in [0.29, 0.717) is 0 Å². The Balaban J connectivity index is 1.38. The molecule has 0 aliphatic rings. The number of hydrogen-bond donors (Lipinski definition) is 0. The molecule has 172 valence electrons. The maximum atomic E-state index is 6.34. The van der Waals surface area contributed by atoms with Gasteiger partial charge in [-0.25, -0.2) is 9.97 Å². The molecule has 0 radical (unpaired) electrons. The SMILES string of the molecule is Cn1ccnc1-c1cccc(Oc2ccc3c4ccccc4n4cc(-c5ccccc5)nc4c3c2)c1. The highest BCUT2D eigenvalue weighted by atomic mass is 16.5. The fraction of sp³-hybridized carbons (Fsp3) is 0.0323. The van der Waals surface area contributed by atoms with Crippen LogP contribution in [0.25, 0.3) is 50.0 Å². The highest BCUT2D eigenvalue weighted by Crippen LogP contribution is 2.35. The molecule has 0 N–H and O–H groups in total. The van der Waals surface area contributed by atoms with Crippen LogP contribution in [-0.2, 0) is 7.05 Å². The Morgan fingerprint density at radius 1 is 0.694 bits per heavy atom. The molecule has 0 amide bonds. The van der Waals surface area contributed by atoms with Crippen molar-refractivity contribution in [2.24, 2.45) is 7.05 Å². The second kappa shape index (κ2) is 8.10. The first-order valence-electron chi connectivity index (χ1n) is 11.9. The van der Waals surface area contributed by atoms with Gasteiger partial charge in [0, 0.05) is 47.5 Å². The van der Waals surface area contributed by atoms with Gasteiger partial charge in [0.25, 0.3) is 0 Å². The molecule has 0 aliphatic carbocycles. The molecule has 7 aromatic rings. The lowest BCUT2D eigenvalue weighted by Gasteiger charge is -2.11. The number of pyridine rings is 1. The first kappa shape index (κ1) is 20.5. The highest BCUT2D eigenvalue weighted by Gasteiger charge is 2.14. The summed E-state index contributed by atoms with van der Waals surface area (Å²) in [6.07, 6.45) is 5.86. The molecule has 3 heterocycles. The number of imidazole rings is 2. The first-order valence-corrected chi connectivity index (χ1v) is 11.9. The third-order valence-electron chi connectivity index (χ3n) is 6.61. The maximum Gasteiger partial charge on any atom is 0.146 e.